The molecular weight excluding hydrogens is 228 g/mol. The molecule has 3 N–H and O–H groups in total. The van der Waals surface area contributed by atoms with Gasteiger partial charge in [-0.2, -0.15) is 0 Å². The number of ether oxygens (including phenoxy) is 1. The van der Waals surface area contributed by atoms with Gasteiger partial charge in [-0.15, -0.1) is 0 Å². The second kappa shape index (κ2) is 6.28. The fourth-order valence-electron chi connectivity index (χ4n) is 1.51. The Morgan fingerprint density at radius 3 is 2.67 bits per heavy atom. The predicted molar refractivity (Wildman–Crippen MR) is 73.6 cm³/mol. The van der Waals surface area contributed by atoms with E-state index in [1.54, 1.807) is 19.1 Å². The van der Waals surface area contributed by atoms with Gasteiger partial charge < -0.3 is 15.8 Å². The molecule has 0 saturated heterocycles. The number of amides is 1. The second-order valence-corrected chi connectivity index (χ2v) is 4.60. The number of anilines is 1. The van der Waals surface area contributed by atoms with Gasteiger partial charge in [0.1, 0.15) is 5.75 Å². The molecule has 0 radical (unpaired) electrons. The average Bonchev–Trinajstić information content (AvgIpc) is 2.32. The number of carbonyl (C=O) groups is 1. The van der Waals surface area contributed by atoms with Crippen molar-refractivity contribution in [2.24, 2.45) is 0 Å². The molecule has 4 heteroatoms. The topological polar surface area (TPSA) is 64.3 Å². The van der Waals surface area contributed by atoms with Gasteiger partial charge in [0.05, 0.1) is 0 Å². The molecule has 1 amide bonds. The summed E-state index contributed by atoms with van der Waals surface area (Å²) in [5.41, 5.74) is 7.29. The molecular formula is C14H22N2O2. The van der Waals surface area contributed by atoms with E-state index in [1.807, 2.05) is 26.8 Å². The number of nitrogens with one attached hydrogen (secondary N) is 1. The van der Waals surface area contributed by atoms with Crippen LogP contribution in [0.4, 0.5) is 5.69 Å². The Hall–Kier alpha value is -1.71. The molecule has 4 nitrogen and oxygen atoms in total. The zero-order valence-electron chi connectivity index (χ0n) is 11.5. The lowest BCUT2D eigenvalue weighted by molar-refractivity contribution is -0.127. The monoisotopic (exact) mass is 250 g/mol. The minimum atomic E-state index is -0.513. The first-order valence-electron chi connectivity index (χ1n) is 6.27. The number of nitrogen functional groups attached to an aromatic ring is 1. The van der Waals surface area contributed by atoms with E-state index in [0.29, 0.717) is 11.4 Å². The third-order valence-electron chi connectivity index (χ3n) is 2.87. The Morgan fingerprint density at radius 1 is 1.44 bits per heavy atom. The molecule has 2 atom stereocenters. The third kappa shape index (κ3) is 3.95. The number of nitrogens with two attached hydrogens (primary N) is 1. The van der Waals surface area contributed by atoms with Crippen LogP contribution in [0.25, 0.3) is 0 Å². The first-order valence-corrected chi connectivity index (χ1v) is 6.27. The number of hydrogen-bond donors (Lipinski definition) is 2. The quantitative estimate of drug-likeness (QED) is 0.788. The first-order chi connectivity index (χ1) is 8.43. The van der Waals surface area contributed by atoms with E-state index in [-0.39, 0.29) is 11.9 Å². The molecule has 1 aromatic rings. The third-order valence-corrected chi connectivity index (χ3v) is 2.87. The lowest BCUT2D eigenvalue weighted by Crippen LogP contribution is -2.41. The van der Waals surface area contributed by atoms with Crippen LogP contribution in [0.3, 0.4) is 0 Å². The van der Waals surface area contributed by atoms with Crippen LogP contribution >= 0.6 is 0 Å². The van der Waals surface area contributed by atoms with Gasteiger partial charge in [0.15, 0.2) is 6.10 Å². The summed E-state index contributed by atoms with van der Waals surface area (Å²) in [4.78, 5) is 11.8. The minimum Gasteiger partial charge on any atom is -0.481 e. The Labute approximate surface area is 109 Å². The smallest absolute Gasteiger partial charge is 0.260 e. The highest BCUT2D eigenvalue weighted by Gasteiger charge is 2.16. The highest BCUT2D eigenvalue weighted by molar-refractivity contribution is 5.81. The van der Waals surface area contributed by atoms with Crippen molar-refractivity contribution in [2.45, 2.75) is 46.3 Å². The molecule has 0 fully saturated rings. The number of rotatable bonds is 5. The van der Waals surface area contributed by atoms with Crippen LogP contribution in [0.2, 0.25) is 0 Å². The van der Waals surface area contributed by atoms with Crippen LogP contribution in [0.5, 0.6) is 5.75 Å². The van der Waals surface area contributed by atoms with Gasteiger partial charge in [-0.1, -0.05) is 6.92 Å². The molecule has 0 saturated carbocycles. The van der Waals surface area contributed by atoms with Crippen molar-refractivity contribution < 1.29 is 9.53 Å². The molecule has 0 heterocycles. The van der Waals surface area contributed by atoms with Gasteiger partial charge in [0, 0.05) is 11.7 Å². The number of hydrogen-bond acceptors (Lipinski definition) is 3. The van der Waals surface area contributed by atoms with Gasteiger partial charge in [-0.3, -0.25) is 4.79 Å². The fraction of sp³-hybridized carbons (Fsp3) is 0.500. The Morgan fingerprint density at radius 2 is 2.11 bits per heavy atom. The normalized spacial score (nSPS) is 13.8. The van der Waals surface area contributed by atoms with Crippen LogP contribution < -0.4 is 15.8 Å². The number of carbonyl (C=O) groups excluding carboxylic acids is 1. The Balaban J connectivity index is 2.63. The zero-order chi connectivity index (χ0) is 13.7. The summed E-state index contributed by atoms with van der Waals surface area (Å²) in [5, 5.41) is 2.89. The lowest BCUT2D eigenvalue weighted by Gasteiger charge is -2.18. The van der Waals surface area contributed by atoms with Crippen molar-refractivity contribution in [2.75, 3.05) is 5.73 Å². The van der Waals surface area contributed by atoms with Crippen LogP contribution in [-0.2, 0) is 4.79 Å². The maximum Gasteiger partial charge on any atom is 0.260 e. The van der Waals surface area contributed by atoms with Crippen molar-refractivity contribution in [1.82, 2.24) is 5.32 Å². The minimum absolute atomic E-state index is 0.0967. The average molecular weight is 250 g/mol. The molecule has 1 rings (SSSR count). The maximum atomic E-state index is 11.8. The zero-order valence-corrected chi connectivity index (χ0v) is 11.5. The highest BCUT2D eigenvalue weighted by Crippen LogP contribution is 2.21. The van der Waals surface area contributed by atoms with E-state index in [4.69, 9.17) is 10.5 Å². The van der Waals surface area contributed by atoms with E-state index in [9.17, 15) is 4.79 Å². The summed E-state index contributed by atoms with van der Waals surface area (Å²) in [6.45, 7) is 7.65. The van der Waals surface area contributed by atoms with E-state index in [1.165, 1.54) is 0 Å². The van der Waals surface area contributed by atoms with Crippen LogP contribution in [0, 0.1) is 6.92 Å². The van der Waals surface area contributed by atoms with Gasteiger partial charge in [0.2, 0.25) is 0 Å². The molecule has 0 aliphatic heterocycles. The van der Waals surface area contributed by atoms with Gasteiger partial charge >= 0.3 is 0 Å². The summed E-state index contributed by atoms with van der Waals surface area (Å²) in [5.74, 6) is 0.594. The molecule has 0 spiro atoms. The molecule has 1 aromatic carbocycles. The number of aryl methyl sites for hydroxylation is 1. The molecule has 0 bridgehead atoms. The van der Waals surface area contributed by atoms with Crippen LogP contribution in [0.1, 0.15) is 32.8 Å². The van der Waals surface area contributed by atoms with Gasteiger partial charge in [0.25, 0.3) is 5.91 Å². The predicted octanol–water partition coefficient (Wildman–Crippen LogP) is 2.26. The summed E-state index contributed by atoms with van der Waals surface area (Å²) >= 11 is 0. The van der Waals surface area contributed by atoms with Crippen molar-refractivity contribution in [1.29, 1.82) is 0 Å². The van der Waals surface area contributed by atoms with Crippen LogP contribution in [0.15, 0.2) is 18.2 Å². The van der Waals surface area contributed by atoms with E-state index >= 15 is 0 Å². The molecule has 100 valence electrons. The molecule has 0 aliphatic carbocycles. The summed E-state index contributed by atoms with van der Waals surface area (Å²) < 4.78 is 5.64. The number of benzene rings is 1. The van der Waals surface area contributed by atoms with Crippen LogP contribution in [-0.4, -0.2) is 18.1 Å². The van der Waals surface area contributed by atoms with E-state index in [2.05, 4.69) is 5.32 Å². The van der Waals surface area contributed by atoms with Crippen molar-refractivity contribution in [3.8, 4) is 5.75 Å². The fourth-order valence-corrected chi connectivity index (χ4v) is 1.51. The maximum absolute atomic E-state index is 11.8. The van der Waals surface area contributed by atoms with Crippen molar-refractivity contribution in [3.05, 3.63) is 23.8 Å². The van der Waals surface area contributed by atoms with Crippen molar-refractivity contribution >= 4 is 11.6 Å². The lowest BCUT2D eigenvalue weighted by atomic mass is 10.2. The largest absolute Gasteiger partial charge is 0.481 e. The Kier molecular flexibility index (Phi) is 5.01. The molecule has 2 unspecified atom stereocenters. The summed E-state index contributed by atoms with van der Waals surface area (Å²) in [6.07, 6.45) is 0.389. The van der Waals surface area contributed by atoms with Crippen molar-refractivity contribution in [3.63, 3.8) is 0 Å². The molecule has 0 aliphatic rings. The highest BCUT2D eigenvalue weighted by atomic mass is 16.5. The molecule has 0 aromatic heterocycles. The SMILES string of the molecule is CCC(C)NC(=O)C(C)Oc1ccc(N)cc1C. The van der Waals surface area contributed by atoms with E-state index in [0.717, 1.165) is 12.0 Å². The summed E-state index contributed by atoms with van der Waals surface area (Å²) in [6, 6.07) is 5.55. The summed E-state index contributed by atoms with van der Waals surface area (Å²) in [7, 11) is 0. The first kappa shape index (κ1) is 14.4. The molecule has 18 heavy (non-hydrogen) atoms. The standard InChI is InChI=1S/C14H22N2O2/c1-5-10(3)16-14(17)11(4)18-13-7-6-12(15)8-9(13)2/h6-8,10-11H,5,15H2,1-4H3,(H,16,17). The van der Waals surface area contributed by atoms with Gasteiger partial charge in [-0.25, -0.2) is 0 Å². The van der Waals surface area contributed by atoms with E-state index < -0.39 is 6.10 Å². The Bertz CT molecular complexity index is 418. The second-order valence-electron chi connectivity index (χ2n) is 4.60. The van der Waals surface area contributed by atoms with Gasteiger partial charge in [-0.05, 0) is 51.0 Å².